The van der Waals surface area contributed by atoms with E-state index in [4.69, 9.17) is 17.3 Å². The summed E-state index contributed by atoms with van der Waals surface area (Å²) < 4.78 is 0. The van der Waals surface area contributed by atoms with Crippen molar-refractivity contribution in [3.63, 3.8) is 0 Å². The van der Waals surface area contributed by atoms with Crippen LogP contribution in [0.4, 0.5) is 5.69 Å². The van der Waals surface area contributed by atoms with E-state index >= 15 is 0 Å². The van der Waals surface area contributed by atoms with Crippen LogP contribution in [0.25, 0.3) is 6.08 Å². The van der Waals surface area contributed by atoms with Crippen LogP contribution in [-0.4, -0.2) is 28.7 Å². The molecule has 0 aliphatic carbocycles. The van der Waals surface area contributed by atoms with Crippen LogP contribution in [0, 0.1) is 11.8 Å². The third-order valence-electron chi connectivity index (χ3n) is 5.82. The van der Waals surface area contributed by atoms with Gasteiger partial charge in [-0.3, -0.25) is 14.4 Å². The monoisotopic (exact) mass is 393 g/mol. The number of anilines is 1. The van der Waals surface area contributed by atoms with Gasteiger partial charge in [0.15, 0.2) is 0 Å². The molecule has 0 unspecified atom stereocenters. The maximum atomic E-state index is 13.4. The topological polar surface area (TPSA) is 83.7 Å². The van der Waals surface area contributed by atoms with E-state index in [0.29, 0.717) is 10.7 Å². The largest absolute Gasteiger partial charge is 0.368 e. The molecule has 28 heavy (non-hydrogen) atoms. The molecule has 2 N–H and O–H groups in total. The van der Waals surface area contributed by atoms with Crippen molar-refractivity contribution in [2.24, 2.45) is 17.6 Å². The molecular weight excluding hydrogens is 378 g/mol. The Bertz CT molecular complexity index is 1070. The molecule has 0 saturated carbocycles. The zero-order chi connectivity index (χ0) is 19.6. The fourth-order valence-electron chi connectivity index (χ4n) is 4.75. The van der Waals surface area contributed by atoms with Crippen molar-refractivity contribution < 1.29 is 14.4 Å². The van der Waals surface area contributed by atoms with E-state index in [0.717, 1.165) is 16.0 Å². The Morgan fingerprint density at radius 2 is 1.75 bits per heavy atom. The molecule has 3 aliphatic rings. The highest BCUT2D eigenvalue weighted by Crippen LogP contribution is 2.53. The number of amides is 3. The molecule has 7 heteroatoms. The van der Waals surface area contributed by atoms with Crippen molar-refractivity contribution in [1.29, 1.82) is 0 Å². The number of nitrogens with two attached hydrogens (primary N) is 1. The quantitative estimate of drug-likeness (QED) is 0.794. The van der Waals surface area contributed by atoms with Crippen LogP contribution in [0.15, 0.2) is 54.7 Å². The number of carbonyl (C=O) groups is 3. The van der Waals surface area contributed by atoms with Crippen molar-refractivity contribution in [1.82, 2.24) is 4.90 Å². The summed E-state index contributed by atoms with van der Waals surface area (Å²) in [5.41, 5.74) is 7.97. The maximum absolute atomic E-state index is 13.4. The molecule has 140 valence electrons. The predicted octanol–water partition coefficient (Wildman–Crippen LogP) is 2.34. The van der Waals surface area contributed by atoms with Gasteiger partial charge in [-0.25, -0.2) is 4.90 Å². The maximum Gasteiger partial charge on any atom is 0.240 e. The number of benzene rings is 2. The Labute approximate surface area is 166 Å². The minimum atomic E-state index is -0.875. The van der Waals surface area contributed by atoms with Crippen molar-refractivity contribution in [3.05, 3.63) is 70.9 Å². The zero-order valence-corrected chi connectivity index (χ0v) is 15.4. The zero-order valence-electron chi connectivity index (χ0n) is 14.7. The summed E-state index contributed by atoms with van der Waals surface area (Å²) in [5.74, 6) is -2.88. The second-order valence-corrected chi connectivity index (χ2v) is 7.66. The summed E-state index contributed by atoms with van der Waals surface area (Å²) in [4.78, 5) is 41.9. The Balaban J connectivity index is 1.66. The molecule has 3 aliphatic heterocycles. The van der Waals surface area contributed by atoms with E-state index in [1.54, 1.807) is 35.4 Å². The van der Waals surface area contributed by atoms with Gasteiger partial charge in [0.2, 0.25) is 17.7 Å². The lowest BCUT2D eigenvalue weighted by atomic mass is 9.84. The van der Waals surface area contributed by atoms with Crippen molar-refractivity contribution >= 4 is 41.1 Å². The number of imide groups is 1. The lowest BCUT2D eigenvalue weighted by Gasteiger charge is -2.34. The third kappa shape index (κ3) is 2.18. The molecule has 0 bridgehead atoms. The normalized spacial score (nSPS) is 27.6. The van der Waals surface area contributed by atoms with Crippen LogP contribution in [0.5, 0.6) is 0 Å². The van der Waals surface area contributed by atoms with Gasteiger partial charge in [0, 0.05) is 11.2 Å². The van der Waals surface area contributed by atoms with Gasteiger partial charge in [-0.1, -0.05) is 41.9 Å². The molecule has 0 spiro atoms. The highest BCUT2D eigenvalue weighted by atomic mass is 35.5. The van der Waals surface area contributed by atoms with E-state index in [2.05, 4.69) is 0 Å². The molecule has 0 aromatic heterocycles. The van der Waals surface area contributed by atoms with Crippen LogP contribution in [0.2, 0.25) is 5.02 Å². The molecule has 2 aromatic rings. The summed E-state index contributed by atoms with van der Waals surface area (Å²) in [6.45, 7) is 0. The van der Waals surface area contributed by atoms with Crippen molar-refractivity contribution in [2.75, 3.05) is 4.90 Å². The summed E-state index contributed by atoms with van der Waals surface area (Å²) in [5, 5.41) is 0.425. The molecular formula is C21H16ClN3O3. The highest BCUT2D eigenvalue weighted by Gasteiger charge is 2.64. The Morgan fingerprint density at radius 3 is 2.50 bits per heavy atom. The number of halogens is 1. The average Bonchev–Trinajstić information content (AvgIpc) is 3.15. The fourth-order valence-corrected chi connectivity index (χ4v) is 4.94. The minimum absolute atomic E-state index is 0.332. The predicted molar refractivity (Wildman–Crippen MR) is 104 cm³/mol. The number of fused-ring (bicyclic) bond motifs is 5. The fraction of sp³-hybridized carbons (Fsp3) is 0.190. The van der Waals surface area contributed by atoms with E-state index in [-0.39, 0.29) is 5.91 Å². The van der Waals surface area contributed by atoms with Crippen LogP contribution < -0.4 is 10.6 Å². The van der Waals surface area contributed by atoms with E-state index < -0.39 is 35.7 Å². The SMILES string of the molecule is NC(=O)[C@@H]1[C@@H]2C(=O)N(c3cccc(Cl)c3)C(=O)[C@@H]2[C@@H]2c3ccccc3C=CN12. The second kappa shape index (κ2) is 5.94. The molecule has 4 atom stereocenters. The number of hydrogen-bond acceptors (Lipinski definition) is 4. The van der Waals surface area contributed by atoms with Crippen LogP contribution in [0.3, 0.4) is 0 Å². The third-order valence-corrected chi connectivity index (χ3v) is 6.05. The van der Waals surface area contributed by atoms with Gasteiger partial charge in [-0.15, -0.1) is 0 Å². The first-order chi connectivity index (χ1) is 13.5. The van der Waals surface area contributed by atoms with Gasteiger partial charge in [-0.2, -0.15) is 0 Å². The number of nitrogens with zero attached hydrogens (tertiary/aromatic N) is 2. The average molecular weight is 394 g/mol. The standard InChI is InChI=1S/C21H16ClN3O3/c22-12-5-3-6-13(10-12)25-20(27)15-16(21(25)28)18(19(23)26)24-9-8-11-4-1-2-7-14(11)17(15)24/h1-10,15-18H,(H2,23,26)/t15-,16+,17-,18-/m0/s1. The molecule has 2 aromatic carbocycles. The summed E-state index contributed by atoms with van der Waals surface area (Å²) in [7, 11) is 0. The molecule has 5 rings (SSSR count). The summed E-state index contributed by atoms with van der Waals surface area (Å²) in [6, 6.07) is 13.0. The first-order valence-corrected chi connectivity index (χ1v) is 9.34. The first kappa shape index (κ1) is 17.0. The van der Waals surface area contributed by atoms with Gasteiger partial charge in [0.1, 0.15) is 6.04 Å². The van der Waals surface area contributed by atoms with Crippen molar-refractivity contribution in [2.45, 2.75) is 12.1 Å². The molecule has 3 amide bonds. The minimum Gasteiger partial charge on any atom is -0.368 e. The number of carbonyl (C=O) groups excluding carboxylic acids is 3. The van der Waals surface area contributed by atoms with E-state index in [1.807, 2.05) is 30.3 Å². The highest BCUT2D eigenvalue weighted by molar-refractivity contribution is 6.31. The van der Waals surface area contributed by atoms with Gasteiger partial charge in [0.25, 0.3) is 0 Å². The number of primary amides is 1. The van der Waals surface area contributed by atoms with Gasteiger partial charge < -0.3 is 10.6 Å². The molecule has 0 radical (unpaired) electrons. The Kier molecular flexibility index (Phi) is 3.61. The Morgan fingerprint density at radius 1 is 1.00 bits per heavy atom. The number of rotatable bonds is 2. The van der Waals surface area contributed by atoms with E-state index in [1.165, 1.54) is 0 Å². The lowest BCUT2D eigenvalue weighted by molar-refractivity contribution is -0.129. The van der Waals surface area contributed by atoms with Gasteiger partial charge >= 0.3 is 0 Å². The summed E-state index contributed by atoms with van der Waals surface area (Å²) in [6.07, 6.45) is 3.65. The van der Waals surface area contributed by atoms with Crippen LogP contribution in [0.1, 0.15) is 17.2 Å². The lowest BCUT2D eigenvalue weighted by Crippen LogP contribution is -2.46. The number of hydrogen-bond donors (Lipinski definition) is 1. The van der Waals surface area contributed by atoms with Crippen LogP contribution in [-0.2, 0) is 14.4 Å². The smallest absolute Gasteiger partial charge is 0.240 e. The molecule has 6 nitrogen and oxygen atoms in total. The van der Waals surface area contributed by atoms with Gasteiger partial charge in [-0.05, 0) is 35.4 Å². The van der Waals surface area contributed by atoms with Crippen LogP contribution >= 0.6 is 11.6 Å². The molecule has 2 fully saturated rings. The van der Waals surface area contributed by atoms with Crippen molar-refractivity contribution in [3.8, 4) is 0 Å². The Hall–Kier alpha value is -3.12. The van der Waals surface area contributed by atoms with E-state index in [9.17, 15) is 14.4 Å². The van der Waals surface area contributed by atoms with Gasteiger partial charge in [0.05, 0.1) is 23.6 Å². The second-order valence-electron chi connectivity index (χ2n) is 7.23. The summed E-state index contributed by atoms with van der Waals surface area (Å²) >= 11 is 6.06. The molecule has 3 heterocycles. The first-order valence-electron chi connectivity index (χ1n) is 8.96. The molecule has 2 saturated heterocycles.